The van der Waals surface area contributed by atoms with Crippen LogP contribution in [0.2, 0.25) is 0 Å². The SMILES string of the molecule is CNc1ncnc(Oc2cccc(F)c2F)c1Br. The second-order valence-corrected chi connectivity index (χ2v) is 4.04. The number of aromatic nitrogens is 2. The average molecular weight is 316 g/mol. The van der Waals surface area contributed by atoms with Crippen LogP contribution in [0.3, 0.4) is 0 Å². The molecule has 0 atom stereocenters. The summed E-state index contributed by atoms with van der Waals surface area (Å²) < 4.78 is 32.1. The highest BCUT2D eigenvalue weighted by Gasteiger charge is 2.14. The van der Waals surface area contributed by atoms with E-state index in [-0.39, 0.29) is 11.6 Å². The first kappa shape index (κ1) is 12.7. The van der Waals surface area contributed by atoms with Crippen molar-refractivity contribution >= 4 is 21.7 Å². The number of anilines is 1. The van der Waals surface area contributed by atoms with Gasteiger partial charge in [0, 0.05) is 7.05 Å². The number of halogens is 3. The quantitative estimate of drug-likeness (QED) is 0.943. The zero-order chi connectivity index (χ0) is 13.1. The zero-order valence-corrected chi connectivity index (χ0v) is 10.8. The third kappa shape index (κ3) is 2.40. The summed E-state index contributed by atoms with van der Waals surface area (Å²) in [6.07, 6.45) is 1.25. The van der Waals surface area contributed by atoms with E-state index in [1.165, 1.54) is 18.5 Å². The molecule has 0 aliphatic carbocycles. The molecule has 0 fully saturated rings. The van der Waals surface area contributed by atoms with E-state index < -0.39 is 11.6 Å². The summed E-state index contributed by atoms with van der Waals surface area (Å²) in [5.74, 6) is -1.70. The summed E-state index contributed by atoms with van der Waals surface area (Å²) >= 11 is 3.21. The van der Waals surface area contributed by atoms with E-state index in [0.29, 0.717) is 10.3 Å². The fourth-order valence-electron chi connectivity index (χ4n) is 1.27. The minimum absolute atomic E-state index is 0.0962. The van der Waals surface area contributed by atoms with Crippen LogP contribution >= 0.6 is 15.9 Å². The van der Waals surface area contributed by atoms with Crippen LogP contribution in [0.5, 0.6) is 11.6 Å². The van der Waals surface area contributed by atoms with Gasteiger partial charge in [-0.3, -0.25) is 0 Å². The molecule has 0 bridgehead atoms. The van der Waals surface area contributed by atoms with Crippen molar-refractivity contribution in [2.45, 2.75) is 0 Å². The summed E-state index contributed by atoms with van der Waals surface area (Å²) in [6.45, 7) is 0. The predicted molar refractivity (Wildman–Crippen MR) is 65.7 cm³/mol. The number of nitrogens with zero attached hydrogens (tertiary/aromatic N) is 2. The summed E-state index contributed by atoms with van der Waals surface area (Å²) in [5.41, 5.74) is 0. The Labute approximate surface area is 110 Å². The molecule has 2 aromatic rings. The zero-order valence-electron chi connectivity index (χ0n) is 9.25. The number of rotatable bonds is 3. The molecular weight excluding hydrogens is 308 g/mol. The van der Waals surface area contributed by atoms with Gasteiger partial charge < -0.3 is 10.1 Å². The highest BCUT2D eigenvalue weighted by atomic mass is 79.9. The molecule has 1 aromatic heterocycles. The second kappa shape index (κ2) is 5.26. The first-order valence-electron chi connectivity index (χ1n) is 4.93. The lowest BCUT2D eigenvalue weighted by molar-refractivity contribution is 0.403. The minimum atomic E-state index is -1.06. The standard InChI is InChI=1S/C11H8BrF2N3O/c1-15-10-8(12)11(17-5-16-10)18-7-4-2-3-6(13)9(7)14/h2-5H,1H3,(H,15,16,17). The van der Waals surface area contributed by atoms with E-state index in [9.17, 15) is 8.78 Å². The Hall–Kier alpha value is -1.76. The molecule has 18 heavy (non-hydrogen) atoms. The summed E-state index contributed by atoms with van der Waals surface area (Å²) in [6, 6.07) is 3.67. The van der Waals surface area contributed by atoms with Crippen molar-refractivity contribution < 1.29 is 13.5 Å². The number of hydrogen-bond acceptors (Lipinski definition) is 4. The molecule has 0 radical (unpaired) electrons. The van der Waals surface area contributed by atoms with Crippen molar-refractivity contribution in [3.8, 4) is 11.6 Å². The molecule has 1 heterocycles. The van der Waals surface area contributed by atoms with Crippen LogP contribution in [0.25, 0.3) is 0 Å². The van der Waals surface area contributed by atoms with Crippen molar-refractivity contribution in [1.82, 2.24) is 9.97 Å². The highest BCUT2D eigenvalue weighted by Crippen LogP contribution is 2.32. The molecule has 0 amide bonds. The van der Waals surface area contributed by atoms with Crippen LogP contribution in [0.1, 0.15) is 0 Å². The van der Waals surface area contributed by atoms with Gasteiger partial charge in [0.2, 0.25) is 11.7 Å². The van der Waals surface area contributed by atoms with E-state index in [0.717, 1.165) is 6.07 Å². The summed E-state index contributed by atoms with van der Waals surface area (Å²) in [4.78, 5) is 7.77. The van der Waals surface area contributed by atoms with E-state index in [4.69, 9.17) is 4.74 Å². The van der Waals surface area contributed by atoms with Crippen molar-refractivity contribution in [1.29, 1.82) is 0 Å². The number of hydrogen-bond donors (Lipinski definition) is 1. The Morgan fingerprint density at radius 1 is 1.28 bits per heavy atom. The lowest BCUT2D eigenvalue weighted by Crippen LogP contribution is -1.99. The number of benzene rings is 1. The minimum Gasteiger partial charge on any atom is -0.434 e. The van der Waals surface area contributed by atoms with Crippen LogP contribution in [-0.4, -0.2) is 17.0 Å². The van der Waals surface area contributed by atoms with Gasteiger partial charge in [-0.1, -0.05) is 6.07 Å². The van der Waals surface area contributed by atoms with Gasteiger partial charge in [-0.25, -0.2) is 14.4 Å². The number of ether oxygens (including phenoxy) is 1. The Bertz CT molecular complexity index is 580. The van der Waals surface area contributed by atoms with Crippen LogP contribution in [0, 0.1) is 11.6 Å². The van der Waals surface area contributed by atoms with Crippen LogP contribution in [0.4, 0.5) is 14.6 Å². The third-order valence-electron chi connectivity index (χ3n) is 2.12. The van der Waals surface area contributed by atoms with Gasteiger partial charge in [0.15, 0.2) is 11.6 Å². The normalized spacial score (nSPS) is 10.2. The third-order valence-corrected chi connectivity index (χ3v) is 2.83. The van der Waals surface area contributed by atoms with E-state index in [1.807, 2.05) is 0 Å². The molecule has 4 nitrogen and oxygen atoms in total. The van der Waals surface area contributed by atoms with Crippen molar-refractivity contribution in [3.63, 3.8) is 0 Å². The Balaban J connectivity index is 2.37. The maximum Gasteiger partial charge on any atom is 0.239 e. The van der Waals surface area contributed by atoms with Crippen molar-refractivity contribution in [3.05, 3.63) is 40.6 Å². The molecule has 1 N–H and O–H groups in total. The largest absolute Gasteiger partial charge is 0.434 e. The first-order valence-corrected chi connectivity index (χ1v) is 5.73. The van der Waals surface area contributed by atoms with Gasteiger partial charge in [-0.2, -0.15) is 4.39 Å². The number of nitrogens with one attached hydrogen (secondary N) is 1. The van der Waals surface area contributed by atoms with Crippen molar-refractivity contribution in [2.24, 2.45) is 0 Å². The van der Waals surface area contributed by atoms with Gasteiger partial charge in [0.1, 0.15) is 16.6 Å². The first-order chi connectivity index (χ1) is 8.63. The average Bonchev–Trinajstić information content (AvgIpc) is 2.37. The van der Waals surface area contributed by atoms with Crippen LogP contribution in [0.15, 0.2) is 29.0 Å². The fraction of sp³-hybridized carbons (Fsp3) is 0.0909. The van der Waals surface area contributed by atoms with Gasteiger partial charge in [-0.05, 0) is 28.1 Å². The van der Waals surface area contributed by atoms with E-state index in [1.54, 1.807) is 7.05 Å². The summed E-state index contributed by atoms with van der Waals surface area (Å²) in [7, 11) is 1.67. The molecule has 7 heteroatoms. The van der Waals surface area contributed by atoms with Gasteiger partial charge in [0.05, 0.1) is 0 Å². The molecule has 0 spiro atoms. The van der Waals surface area contributed by atoms with E-state index in [2.05, 4.69) is 31.2 Å². The molecule has 2 rings (SSSR count). The molecule has 0 saturated carbocycles. The molecule has 1 aromatic carbocycles. The second-order valence-electron chi connectivity index (χ2n) is 3.25. The smallest absolute Gasteiger partial charge is 0.239 e. The summed E-state index contributed by atoms with van der Waals surface area (Å²) in [5, 5.41) is 2.80. The topological polar surface area (TPSA) is 47.0 Å². The molecule has 0 saturated heterocycles. The monoisotopic (exact) mass is 315 g/mol. The Morgan fingerprint density at radius 3 is 2.78 bits per heavy atom. The Kier molecular flexibility index (Phi) is 3.71. The molecule has 0 aliphatic rings. The highest BCUT2D eigenvalue weighted by molar-refractivity contribution is 9.10. The Morgan fingerprint density at radius 2 is 2.06 bits per heavy atom. The van der Waals surface area contributed by atoms with Gasteiger partial charge in [0.25, 0.3) is 0 Å². The fourth-order valence-corrected chi connectivity index (χ4v) is 1.75. The molecule has 94 valence electrons. The lowest BCUT2D eigenvalue weighted by atomic mass is 10.3. The molecule has 0 aliphatic heterocycles. The van der Waals surface area contributed by atoms with Gasteiger partial charge >= 0.3 is 0 Å². The van der Waals surface area contributed by atoms with Crippen molar-refractivity contribution in [2.75, 3.05) is 12.4 Å². The molecular formula is C11H8BrF2N3O. The maximum absolute atomic E-state index is 13.4. The van der Waals surface area contributed by atoms with Crippen LogP contribution in [-0.2, 0) is 0 Å². The molecule has 0 unspecified atom stereocenters. The maximum atomic E-state index is 13.4. The predicted octanol–water partition coefficient (Wildman–Crippen LogP) is 3.35. The van der Waals surface area contributed by atoms with E-state index >= 15 is 0 Å². The van der Waals surface area contributed by atoms with Gasteiger partial charge in [-0.15, -0.1) is 0 Å². The van der Waals surface area contributed by atoms with Crippen LogP contribution < -0.4 is 10.1 Å². The lowest BCUT2D eigenvalue weighted by Gasteiger charge is -2.09.